The van der Waals surface area contributed by atoms with E-state index in [-0.39, 0.29) is 12.0 Å². The second-order valence-electron chi connectivity index (χ2n) is 6.43. The predicted octanol–water partition coefficient (Wildman–Crippen LogP) is 2.34. The molecule has 0 aromatic carbocycles. The van der Waals surface area contributed by atoms with Gasteiger partial charge in [0.2, 0.25) is 0 Å². The molecule has 2 N–H and O–H groups in total. The molecule has 0 amide bonds. The Morgan fingerprint density at radius 1 is 1.50 bits per heavy atom. The zero-order valence-electron chi connectivity index (χ0n) is 16.5. The first kappa shape index (κ1) is 20.6. The maximum atomic E-state index is 12.0. The van der Waals surface area contributed by atoms with E-state index < -0.39 is 0 Å². The van der Waals surface area contributed by atoms with Gasteiger partial charge in [0.05, 0.1) is 18.3 Å². The van der Waals surface area contributed by atoms with Crippen molar-refractivity contribution in [2.45, 2.75) is 52.6 Å². The molecule has 146 valence electrons. The minimum atomic E-state index is -0.302. The van der Waals surface area contributed by atoms with Crippen molar-refractivity contribution in [1.29, 1.82) is 0 Å². The van der Waals surface area contributed by atoms with Gasteiger partial charge >= 0.3 is 5.97 Å². The highest BCUT2D eigenvalue weighted by molar-refractivity contribution is 7.13. The average molecular weight is 382 g/mol. The van der Waals surface area contributed by atoms with E-state index in [4.69, 9.17) is 4.74 Å². The van der Waals surface area contributed by atoms with Gasteiger partial charge in [-0.2, -0.15) is 0 Å². The summed E-state index contributed by atoms with van der Waals surface area (Å²) in [5, 5.41) is 7.64. The number of carbonyl (C=O) groups excluding carboxylic acids is 1. The van der Waals surface area contributed by atoms with Crippen LogP contribution in [0.15, 0.2) is 4.99 Å². The number of aliphatic imine (C=N–C) groups is 1. The number of hydrogen-bond acceptors (Lipinski definition) is 6. The molecule has 0 saturated carbocycles. The Bertz CT molecular complexity index is 631. The van der Waals surface area contributed by atoms with Crippen molar-refractivity contribution >= 4 is 23.3 Å². The van der Waals surface area contributed by atoms with Crippen LogP contribution in [0.1, 0.15) is 60.0 Å². The molecule has 1 aromatic rings. The molecule has 26 heavy (non-hydrogen) atoms. The third-order valence-electron chi connectivity index (χ3n) is 4.63. The van der Waals surface area contributed by atoms with Crippen LogP contribution in [0.4, 0.5) is 0 Å². The fraction of sp³-hybridized carbons (Fsp3) is 0.722. The second kappa shape index (κ2) is 9.87. The van der Waals surface area contributed by atoms with Crippen LogP contribution in [0, 0.1) is 6.92 Å². The Morgan fingerprint density at radius 2 is 2.27 bits per heavy atom. The molecular formula is C18H31N5O2S. The lowest BCUT2D eigenvalue weighted by Crippen LogP contribution is -2.45. The average Bonchev–Trinajstić information content (AvgIpc) is 3.24. The molecule has 2 unspecified atom stereocenters. The molecule has 7 nitrogen and oxygen atoms in total. The highest BCUT2D eigenvalue weighted by atomic mass is 32.1. The number of nitrogens with zero attached hydrogens (tertiary/aromatic N) is 3. The molecule has 0 spiro atoms. The lowest BCUT2D eigenvalue weighted by Gasteiger charge is -2.24. The summed E-state index contributed by atoms with van der Waals surface area (Å²) in [5.74, 6) is 0.454. The van der Waals surface area contributed by atoms with Crippen molar-refractivity contribution in [3.8, 4) is 0 Å². The second-order valence-corrected chi connectivity index (χ2v) is 7.46. The summed E-state index contributed by atoms with van der Waals surface area (Å²) in [6.07, 6.45) is 2.49. The highest BCUT2D eigenvalue weighted by Crippen LogP contribution is 2.24. The summed E-state index contributed by atoms with van der Waals surface area (Å²) < 4.78 is 5.09. The molecule has 1 fully saturated rings. The van der Waals surface area contributed by atoms with E-state index >= 15 is 0 Å². The number of aryl methyl sites for hydroxylation is 1. The van der Waals surface area contributed by atoms with Crippen LogP contribution in [-0.4, -0.2) is 61.1 Å². The summed E-state index contributed by atoms with van der Waals surface area (Å²) in [7, 11) is 1.77. The van der Waals surface area contributed by atoms with Gasteiger partial charge in [-0.3, -0.25) is 9.89 Å². The number of likely N-dealkylation sites (N-methyl/N-ethyl adjacent to an activating group) is 1. The number of ether oxygens (including phenoxy) is 1. The van der Waals surface area contributed by atoms with Crippen molar-refractivity contribution < 1.29 is 9.53 Å². The number of esters is 1. The van der Waals surface area contributed by atoms with Gasteiger partial charge in [0.15, 0.2) is 5.96 Å². The van der Waals surface area contributed by atoms with Crippen molar-refractivity contribution in [3.63, 3.8) is 0 Å². The van der Waals surface area contributed by atoms with Gasteiger partial charge in [0, 0.05) is 19.6 Å². The van der Waals surface area contributed by atoms with Crippen LogP contribution < -0.4 is 10.6 Å². The highest BCUT2D eigenvalue weighted by Gasteiger charge is 2.24. The monoisotopic (exact) mass is 381 g/mol. The van der Waals surface area contributed by atoms with Crippen LogP contribution in [0.25, 0.3) is 0 Å². The smallest absolute Gasteiger partial charge is 0.350 e. The van der Waals surface area contributed by atoms with Gasteiger partial charge in [0.1, 0.15) is 9.88 Å². The molecular weight excluding hydrogens is 350 g/mol. The van der Waals surface area contributed by atoms with E-state index in [1.165, 1.54) is 30.7 Å². The minimum absolute atomic E-state index is 0.0427. The van der Waals surface area contributed by atoms with E-state index in [2.05, 4.69) is 32.4 Å². The summed E-state index contributed by atoms with van der Waals surface area (Å²) in [6, 6.07) is 0.519. The van der Waals surface area contributed by atoms with Crippen LogP contribution in [0.3, 0.4) is 0 Å². The summed E-state index contributed by atoms with van der Waals surface area (Å²) in [5.41, 5.74) is 0.713. The number of thiazole rings is 1. The van der Waals surface area contributed by atoms with Gasteiger partial charge in [0.25, 0.3) is 0 Å². The van der Waals surface area contributed by atoms with Gasteiger partial charge in [-0.1, -0.05) is 6.92 Å². The number of rotatable bonds is 7. The standard InChI is InChI=1S/C18H31N5O2S/c1-6-23-10-8-9-14(23)11-20-18(19-5)22-13(4)16-21-12(3)15(26-16)17(24)25-7-2/h13-14H,6-11H2,1-5H3,(H2,19,20,22). The van der Waals surface area contributed by atoms with E-state index in [0.29, 0.717) is 23.2 Å². The van der Waals surface area contributed by atoms with E-state index in [1.807, 2.05) is 13.8 Å². The lowest BCUT2D eigenvalue weighted by molar-refractivity contribution is 0.0531. The maximum absolute atomic E-state index is 12.0. The number of aromatic nitrogens is 1. The van der Waals surface area contributed by atoms with Gasteiger partial charge in [-0.05, 0) is 46.7 Å². The summed E-state index contributed by atoms with van der Waals surface area (Å²) in [6.45, 7) is 11.4. The first-order valence-electron chi connectivity index (χ1n) is 9.35. The molecule has 1 aliphatic heterocycles. The first-order chi connectivity index (χ1) is 12.5. The Hall–Kier alpha value is -1.67. The lowest BCUT2D eigenvalue weighted by atomic mass is 10.2. The Labute approximate surface area is 160 Å². The van der Waals surface area contributed by atoms with E-state index in [0.717, 1.165) is 24.1 Å². The van der Waals surface area contributed by atoms with Gasteiger partial charge in [-0.15, -0.1) is 11.3 Å². The number of hydrogen-bond donors (Lipinski definition) is 2. The third kappa shape index (κ3) is 5.17. The van der Waals surface area contributed by atoms with Crippen molar-refractivity contribution in [2.24, 2.45) is 4.99 Å². The van der Waals surface area contributed by atoms with Crippen molar-refractivity contribution in [1.82, 2.24) is 20.5 Å². The van der Waals surface area contributed by atoms with Gasteiger partial charge in [-0.25, -0.2) is 9.78 Å². The molecule has 1 aliphatic rings. The fourth-order valence-corrected chi connectivity index (χ4v) is 4.17. The van der Waals surface area contributed by atoms with Crippen molar-refractivity contribution in [2.75, 3.05) is 33.3 Å². The molecule has 2 rings (SSSR count). The molecule has 0 bridgehead atoms. The largest absolute Gasteiger partial charge is 0.462 e. The number of guanidine groups is 1. The van der Waals surface area contributed by atoms with Gasteiger partial charge < -0.3 is 15.4 Å². The Balaban J connectivity index is 1.93. The van der Waals surface area contributed by atoms with Crippen LogP contribution in [-0.2, 0) is 4.74 Å². The van der Waals surface area contributed by atoms with E-state index in [1.54, 1.807) is 14.0 Å². The zero-order valence-corrected chi connectivity index (χ0v) is 17.3. The Morgan fingerprint density at radius 3 is 2.92 bits per heavy atom. The molecule has 8 heteroatoms. The first-order valence-corrected chi connectivity index (χ1v) is 10.2. The van der Waals surface area contributed by atoms with Crippen LogP contribution in [0.2, 0.25) is 0 Å². The molecule has 2 heterocycles. The van der Waals surface area contributed by atoms with Crippen LogP contribution >= 0.6 is 11.3 Å². The topological polar surface area (TPSA) is 78.8 Å². The normalized spacial score (nSPS) is 19.4. The molecule has 2 atom stereocenters. The SMILES string of the molecule is CCOC(=O)c1sc(C(C)NC(=NC)NCC2CCCN2CC)nc1C. The fourth-order valence-electron chi connectivity index (χ4n) is 3.21. The molecule has 1 aromatic heterocycles. The number of nitrogens with one attached hydrogen (secondary N) is 2. The molecule has 0 radical (unpaired) electrons. The Kier molecular flexibility index (Phi) is 7.84. The van der Waals surface area contributed by atoms with Crippen LogP contribution in [0.5, 0.6) is 0 Å². The van der Waals surface area contributed by atoms with Crippen molar-refractivity contribution in [3.05, 3.63) is 15.6 Å². The minimum Gasteiger partial charge on any atom is -0.462 e. The number of likely N-dealkylation sites (tertiary alicyclic amines) is 1. The zero-order chi connectivity index (χ0) is 19.1. The molecule has 1 saturated heterocycles. The maximum Gasteiger partial charge on any atom is 0.350 e. The quantitative estimate of drug-likeness (QED) is 0.429. The summed E-state index contributed by atoms with van der Waals surface area (Å²) in [4.78, 5) is 23.9. The molecule has 0 aliphatic carbocycles. The number of carbonyl (C=O) groups is 1. The third-order valence-corrected chi connectivity index (χ3v) is 5.95. The predicted molar refractivity (Wildman–Crippen MR) is 106 cm³/mol. The summed E-state index contributed by atoms with van der Waals surface area (Å²) >= 11 is 1.38. The van der Waals surface area contributed by atoms with E-state index in [9.17, 15) is 4.79 Å².